The summed E-state index contributed by atoms with van der Waals surface area (Å²) >= 11 is 0. The lowest BCUT2D eigenvalue weighted by Gasteiger charge is -2.42. The number of carbonyl (C=O) groups is 2. The topological polar surface area (TPSA) is 63.6 Å². The Labute approximate surface area is 97.0 Å². The van der Waals surface area contributed by atoms with Crippen LogP contribution in [0.3, 0.4) is 0 Å². The summed E-state index contributed by atoms with van der Waals surface area (Å²) < 4.78 is 4.67. The fourth-order valence-corrected chi connectivity index (χ4v) is 1.36. The highest BCUT2D eigenvalue weighted by Gasteiger charge is 2.32. The zero-order valence-electron chi connectivity index (χ0n) is 10.8. The van der Waals surface area contributed by atoms with E-state index < -0.39 is 16.8 Å². The van der Waals surface area contributed by atoms with E-state index >= 15 is 0 Å². The minimum Gasteiger partial charge on any atom is -0.481 e. The van der Waals surface area contributed by atoms with E-state index in [1.165, 1.54) is 7.11 Å². The summed E-state index contributed by atoms with van der Waals surface area (Å²) in [5.74, 6) is -1.48. The van der Waals surface area contributed by atoms with Gasteiger partial charge < -0.3 is 16.3 Å². The molecule has 16 heavy (non-hydrogen) atoms. The second-order valence-electron chi connectivity index (χ2n) is 5.20. The predicted molar refractivity (Wildman–Crippen MR) is 60.7 cm³/mol. The van der Waals surface area contributed by atoms with Gasteiger partial charge in [0, 0.05) is 5.41 Å². The van der Waals surface area contributed by atoms with Crippen LogP contribution in [0.5, 0.6) is 0 Å². The quantitative estimate of drug-likeness (QED) is 0.579. The first-order valence-electron chi connectivity index (χ1n) is 5.23. The van der Waals surface area contributed by atoms with Crippen LogP contribution in [0.15, 0.2) is 0 Å². The number of aliphatic carboxylic acids is 1. The Hall–Kier alpha value is -1.06. The third-order valence-electron chi connectivity index (χ3n) is 3.07. The lowest BCUT2D eigenvalue weighted by atomic mass is 9.71. The fraction of sp³-hybridized carbons (Fsp3) is 0.750. The molecule has 0 saturated heterocycles. The van der Waals surface area contributed by atoms with Gasteiger partial charge in [-0.05, 0) is 0 Å². The summed E-state index contributed by atoms with van der Waals surface area (Å²) in [6.07, 6.45) is 1.73. The first-order valence-corrected chi connectivity index (χ1v) is 5.23. The molecule has 0 aliphatic carbocycles. The SMILES string of the molecule is COC(=O)C(C)(C)[CH-]C(C)C(C)(C)C(=O)O. The molecule has 0 rings (SSSR count). The molecule has 0 spiro atoms. The number of ether oxygens (including phenoxy) is 1. The molecule has 4 heteroatoms. The van der Waals surface area contributed by atoms with Crippen LogP contribution >= 0.6 is 0 Å². The van der Waals surface area contributed by atoms with Gasteiger partial charge in [-0.15, -0.1) is 0 Å². The Morgan fingerprint density at radius 2 is 1.69 bits per heavy atom. The van der Waals surface area contributed by atoms with Crippen molar-refractivity contribution in [2.75, 3.05) is 7.11 Å². The second kappa shape index (κ2) is 4.85. The molecule has 0 aromatic rings. The molecule has 1 unspecified atom stereocenters. The van der Waals surface area contributed by atoms with Crippen molar-refractivity contribution in [3.05, 3.63) is 6.42 Å². The molecule has 0 radical (unpaired) electrons. The van der Waals surface area contributed by atoms with E-state index in [-0.39, 0.29) is 11.9 Å². The average molecular weight is 229 g/mol. The third kappa shape index (κ3) is 3.22. The van der Waals surface area contributed by atoms with E-state index in [0.717, 1.165) is 0 Å². The van der Waals surface area contributed by atoms with Crippen molar-refractivity contribution in [1.82, 2.24) is 0 Å². The van der Waals surface area contributed by atoms with Gasteiger partial charge in [-0.2, -0.15) is 5.92 Å². The molecular weight excluding hydrogens is 208 g/mol. The maximum Gasteiger partial charge on any atom is 0.306 e. The van der Waals surface area contributed by atoms with Crippen molar-refractivity contribution in [1.29, 1.82) is 0 Å². The lowest BCUT2D eigenvalue weighted by Crippen LogP contribution is -2.37. The monoisotopic (exact) mass is 229 g/mol. The first-order chi connectivity index (χ1) is 7.05. The van der Waals surface area contributed by atoms with Gasteiger partial charge in [0.1, 0.15) is 0 Å². The van der Waals surface area contributed by atoms with Gasteiger partial charge in [0.05, 0.1) is 7.11 Å². The van der Waals surface area contributed by atoms with E-state index in [4.69, 9.17) is 5.11 Å². The number of esters is 1. The Bertz CT molecular complexity index is 279. The van der Waals surface area contributed by atoms with Crippen LogP contribution in [0.4, 0.5) is 0 Å². The van der Waals surface area contributed by atoms with Crippen molar-refractivity contribution < 1.29 is 19.4 Å². The number of hydrogen-bond acceptors (Lipinski definition) is 3. The summed E-state index contributed by atoms with van der Waals surface area (Å²) in [5.41, 5.74) is -1.67. The molecule has 0 fully saturated rings. The van der Waals surface area contributed by atoms with Gasteiger partial charge in [0.15, 0.2) is 0 Å². The predicted octanol–water partition coefficient (Wildman–Crippen LogP) is 2.14. The average Bonchev–Trinajstić information content (AvgIpc) is 2.15. The number of carboxylic acid groups (broad SMARTS) is 1. The highest BCUT2D eigenvalue weighted by Crippen LogP contribution is 2.36. The van der Waals surface area contributed by atoms with Crippen LogP contribution in [0.1, 0.15) is 34.6 Å². The molecule has 1 N–H and O–H groups in total. The minimum absolute atomic E-state index is 0.237. The molecule has 0 heterocycles. The Morgan fingerprint density at radius 3 is 2.00 bits per heavy atom. The van der Waals surface area contributed by atoms with Gasteiger partial charge >= 0.3 is 5.97 Å². The van der Waals surface area contributed by atoms with Crippen LogP contribution < -0.4 is 0 Å². The van der Waals surface area contributed by atoms with Gasteiger partial charge in [-0.25, -0.2) is 0 Å². The van der Waals surface area contributed by atoms with Gasteiger partial charge in [0.2, 0.25) is 0 Å². The van der Waals surface area contributed by atoms with Crippen molar-refractivity contribution in [3.63, 3.8) is 0 Å². The smallest absolute Gasteiger partial charge is 0.306 e. The molecule has 0 saturated carbocycles. The van der Waals surface area contributed by atoms with Crippen molar-refractivity contribution in [2.24, 2.45) is 16.7 Å². The van der Waals surface area contributed by atoms with Crippen LogP contribution in [-0.2, 0) is 14.3 Å². The summed E-state index contributed by atoms with van der Waals surface area (Å²) in [7, 11) is 1.32. The van der Waals surface area contributed by atoms with Crippen LogP contribution in [0, 0.1) is 23.2 Å². The Morgan fingerprint density at radius 1 is 1.25 bits per heavy atom. The number of hydrogen-bond donors (Lipinski definition) is 1. The standard InChI is InChI=1S/C12H21O4/c1-8(12(4,5)9(13)14)7-11(2,3)10(15)16-6/h7-8H,1-6H3,(H,13,14)/q-1. The zero-order valence-corrected chi connectivity index (χ0v) is 10.8. The third-order valence-corrected chi connectivity index (χ3v) is 3.07. The maximum atomic E-state index is 11.5. The van der Waals surface area contributed by atoms with Gasteiger partial charge in [-0.1, -0.05) is 40.0 Å². The normalized spacial score (nSPS) is 14.4. The molecule has 94 valence electrons. The molecule has 1 atom stereocenters. The van der Waals surface area contributed by atoms with E-state index in [1.807, 2.05) is 0 Å². The number of methoxy groups -OCH3 is 1. The molecule has 0 amide bonds. The molecular formula is C12H21O4-. The van der Waals surface area contributed by atoms with Gasteiger partial charge in [-0.3, -0.25) is 9.59 Å². The molecule has 0 bridgehead atoms. The largest absolute Gasteiger partial charge is 0.481 e. The van der Waals surface area contributed by atoms with E-state index in [9.17, 15) is 9.59 Å². The maximum absolute atomic E-state index is 11.5. The molecule has 0 aromatic carbocycles. The van der Waals surface area contributed by atoms with Crippen molar-refractivity contribution >= 4 is 11.9 Å². The minimum atomic E-state index is -0.898. The number of carbonyl (C=O) groups excluding carboxylic acids is 1. The van der Waals surface area contributed by atoms with E-state index in [0.29, 0.717) is 0 Å². The van der Waals surface area contributed by atoms with E-state index in [2.05, 4.69) is 4.74 Å². The van der Waals surface area contributed by atoms with Crippen molar-refractivity contribution in [2.45, 2.75) is 34.6 Å². The zero-order chi connectivity index (χ0) is 13.1. The highest BCUT2D eigenvalue weighted by atomic mass is 16.5. The van der Waals surface area contributed by atoms with Crippen LogP contribution in [0.2, 0.25) is 0 Å². The summed E-state index contributed by atoms with van der Waals surface area (Å²) in [6.45, 7) is 8.51. The summed E-state index contributed by atoms with van der Waals surface area (Å²) in [4.78, 5) is 22.5. The second-order valence-corrected chi connectivity index (χ2v) is 5.20. The Kier molecular flexibility index (Phi) is 4.53. The van der Waals surface area contributed by atoms with E-state index in [1.54, 1.807) is 41.0 Å². The first kappa shape index (κ1) is 14.9. The van der Waals surface area contributed by atoms with Crippen LogP contribution in [-0.4, -0.2) is 24.2 Å². The molecule has 0 aromatic heterocycles. The van der Waals surface area contributed by atoms with Gasteiger partial charge in [0.25, 0.3) is 5.97 Å². The summed E-state index contributed by atoms with van der Waals surface area (Å²) in [6, 6.07) is 0. The number of rotatable bonds is 5. The summed E-state index contributed by atoms with van der Waals surface area (Å²) in [5, 5.41) is 9.07. The lowest BCUT2D eigenvalue weighted by molar-refractivity contribution is -0.153. The fourth-order valence-electron chi connectivity index (χ4n) is 1.36. The number of carboxylic acids is 1. The molecule has 4 nitrogen and oxygen atoms in total. The van der Waals surface area contributed by atoms with Crippen molar-refractivity contribution in [3.8, 4) is 0 Å². The molecule has 0 aliphatic heterocycles. The highest BCUT2D eigenvalue weighted by molar-refractivity contribution is 5.78. The van der Waals surface area contributed by atoms with Crippen LogP contribution in [0.25, 0.3) is 0 Å². The Balaban J connectivity index is 4.74. The molecule has 0 aliphatic rings.